The zero-order chi connectivity index (χ0) is 20.1. The summed E-state index contributed by atoms with van der Waals surface area (Å²) >= 11 is 7.23. The molecular weight excluding hydrogens is 420 g/mol. The van der Waals surface area contributed by atoms with Crippen LogP contribution in [0.5, 0.6) is 5.75 Å². The van der Waals surface area contributed by atoms with Gasteiger partial charge in [0.05, 0.1) is 10.9 Å². The molecule has 150 valence electrons. The van der Waals surface area contributed by atoms with E-state index in [1.807, 2.05) is 6.07 Å². The molecule has 28 heavy (non-hydrogen) atoms. The maximum absolute atomic E-state index is 13.0. The third kappa shape index (κ3) is 4.94. The van der Waals surface area contributed by atoms with E-state index < -0.39 is 10.0 Å². The molecule has 1 fully saturated rings. The lowest BCUT2D eigenvalue weighted by Crippen LogP contribution is -2.28. The Bertz CT molecular complexity index is 980. The fraction of sp³-hybridized carbons (Fsp3) is 0.316. The molecule has 1 aromatic heterocycles. The Morgan fingerprint density at radius 1 is 1.29 bits per heavy atom. The van der Waals surface area contributed by atoms with Crippen LogP contribution in [0.3, 0.4) is 0 Å². The van der Waals surface area contributed by atoms with Crippen molar-refractivity contribution in [3.8, 4) is 5.75 Å². The Morgan fingerprint density at radius 3 is 2.68 bits per heavy atom. The van der Waals surface area contributed by atoms with Gasteiger partial charge in [-0.2, -0.15) is 4.31 Å². The molecule has 1 N–H and O–H groups in total. The molecule has 3 rings (SSSR count). The molecule has 1 amide bonds. The van der Waals surface area contributed by atoms with Gasteiger partial charge >= 0.3 is 0 Å². The van der Waals surface area contributed by atoms with Crippen LogP contribution in [0.15, 0.2) is 41.3 Å². The van der Waals surface area contributed by atoms with Crippen LogP contribution in [0.2, 0.25) is 4.34 Å². The summed E-state index contributed by atoms with van der Waals surface area (Å²) in [5.74, 6) is -0.0747. The molecule has 1 aliphatic rings. The van der Waals surface area contributed by atoms with Crippen molar-refractivity contribution in [2.45, 2.75) is 24.7 Å². The Balaban J connectivity index is 1.82. The summed E-state index contributed by atoms with van der Waals surface area (Å²) in [6.45, 7) is 3.14. The number of hydrogen-bond donors (Lipinski definition) is 1. The number of benzene rings is 1. The number of rotatable bonds is 7. The highest BCUT2D eigenvalue weighted by Crippen LogP contribution is 2.31. The number of carbonyl (C=O) groups is 1. The van der Waals surface area contributed by atoms with E-state index in [1.54, 1.807) is 31.2 Å². The van der Waals surface area contributed by atoms with Gasteiger partial charge in [0.15, 0.2) is 0 Å². The first-order valence-corrected chi connectivity index (χ1v) is 11.5. The molecule has 1 saturated heterocycles. The molecule has 0 spiro atoms. The number of nitrogens with one attached hydrogen (secondary N) is 1. The smallest absolute Gasteiger partial charge is 0.248 e. The second kappa shape index (κ2) is 9.09. The summed E-state index contributed by atoms with van der Waals surface area (Å²) in [6.07, 6.45) is 4.73. The third-order valence-electron chi connectivity index (χ3n) is 4.19. The van der Waals surface area contributed by atoms with Gasteiger partial charge in [0.2, 0.25) is 15.9 Å². The van der Waals surface area contributed by atoms with E-state index in [1.165, 1.54) is 27.8 Å². The summed E-state index contributed by atoms with van der Waals surface area (Å²) in [4.78, 5) is 13.1. The fourth-order valence-corrected chi connectivity index (χ4v) is 5.53. The van der Waals surface area contributed by atoms with Crippen molar-refractivity contribution in [2.75, 3.05) is 25.0 Å². The maximum atomic E-state index is 13.0. The lowest BCUT2D eigenvalue weighted by molar-refractivity contribution is -0.111. The summed E-state index contributed by atoms with van der Waals surface area (Å²) in [5, 5.41) is 2.70. The lowest BCUT2D eigenvalue weighted by Gasteiger charge is -2.19. The van der Waals surface area contributed by atoms with E-state index in [0.717, 1.165) is 17.7 Å². The molecule has 0 unspecified atom stereocenters. The first-order chi connectivity index (χ1) is 13.4. The first-order valence-electron chi connectivity index (χ1n) is 8.91. The van der Waals surface area contributed by atoms with Gasteiger partial charge in [0.1, 0.15) is 10.6 Å². The topological polar surface area (TPSA) is 75.7 Å². The molecule has 0 bridgehead atoms. The van der Waals surface area contributed by atoms with Gasteiger partial charge in [-0.1, -0.05) is 11.6 Å². The van der Waals surface area contributed by atoms with Crippen molar-refractivity contribution < 1.29 is 17.9 Å². The Kier molecular flexibility index (Phi) is 6.77. The highest BCUT2D eigenvalue weighted by Gasteiger charge is 2.30. The van der Waals surface area contributed by atoms with Crippen LogP contribution in [0, 0.1) is 0 Å². The van der Waals surface area contributed by atoms with E-state index in [0.29, 0.717) is 29.7 Å². The van der Waals surface area contributed by atoms with Crippen LogP contribution in [0.25, 0.3) is 6.08 Å². The minimum absolute atomic E-state index is 0.0723. The maximum Gasteiger partial charge on any atom is 0.248 e. The van der Waals surface area contributed by atoms with Gasteiger partial charge in [-0.3, -0.25) is 4.79 Å². The van der Waals surface area contributed by atoms with Crippen molar-refractivity contribution in [3.05, 3.63) is 45.6 Å². The minimum atomic E-state index is -3.68. The quantitative estimate of drug-likeness (QED) is 0.653. The molecular formula is C19H21ClN2O4S2. The molecule has 0 atom stereocenters. The molecule has 0 saturated carbocycles. The highest BCUT2D eigenvalue weighted by molar-refractivity contribution is 7.89. The molecule has 6 nitrogen and oxygen atoms in total. The number of amides is 1. The van der Waals surface area contributed by atoms with E-state index in [4.69, 9.17) is 16.3 Å². The van der Waals surface area contributed by atoms with E-state index in [2.05, 4.69) is 5.32 Å². The molecule has 2 aromatic rings. The molecule has 1 aliphatic heterocycles. The predicted molar refractivity (Wildman–Crippen MR) is 113 cm³/mol. The highest BCUT2D eigenvalue weighted by atomic mass is 35.5. The Labute approximate surface area is 173 Å². The minimum Gasteiger partial charge on any atom is -0.492 e. The van der Waals surface area contributed by atoms with Crippen molar-refractivity contribution in [1.29, 1.82) is 0 Å². The zero-order valence-corrected chi connectivity index (χ0v) is 17.7. The zero-order valence-electron chi connectivity index (χ0n) is 15.4. The van der Waals surface area contributed by atoms with E-state index >= 15 is 0 Å². The van der Waals surface area contributed by atoms with Gasteiger partial charge in [-0.15, -0.1) is 11.3 Å². The van der Waals surface area contributed by atoms with Gasteiger partial charge in [-0.25, -0.2) is 8.42 Å². The predicted octanol–water partition coefficient (Wildman–Crippen LogP) is 4.24. The largest absolute Gasteiger partial charge is 0.492 e. The Hall–Kier alpha value is -1.87. The number of thiophene rings is 1. The summed E-state index contributed by atoms with van der Waals surface area (Å²) in [6, 6.07) is 8.22. The van der Waals surface area contributed by atoms with Crippen molar-refractivity contribution in [2.24, 2.45) is 0 Å². The van der Waals surface area contributed by atoms with E-state index in [9.17, 15) is 13.2 Å². The summed E-state index contributed by atoms with van der Waals surface area (Å²) in [5.41, 5.74) is 0.389. The van der Waals surface area contributed by atoms with Gasteiger partial charge in [0.25, 0.3) is 0 Å². The average molecular weight is 441 g/mol. The normalized spacial score (nSPS) is 15.2. The van der Waals surface area contributed by atoms with E-state index in [-0.39, 0.29) is 16.6 Å². The van der Waals surface area contributed by atoms with Crippen LogP contribution in [-0.4, -0.2) is 38.3 Å². The standard InChI is InChI=1S/C19H21ClN2O4S2/c1-2-26-16-8-5-14(13-17(16)28(24,25)22-11-3-4-12-22)21-19(23)10-7-15-6-9-18(20)27-15/h5-10,13H,2-4,11-12H2,1H3,(H,21,23)/b10-7+. The summed E-state index contributed by atoms with van der Waals surface area (Å²) < 4.78 is 33.6. The SMILES string of the molecule is CCOc1ccc(NC(=O)/C=C/c2ccc(Cl)s2)cc1S(=O)(=O)N1CCCC1. The second-order valence-corrected chi connectivity index (χ2v) is 9.82. The molecule has 1 aromatic carbocycles. The number of nitrogens with zero attached hydrogens (tertiary/aromatic N) is 1. The van der Waals surface area contributed by atoms with Crippen molar-refractivity contribution >= 4 is 50.6 Å². The number of sulfonamides is 1. The fourth-order valence-electron chi connectivity index (χ4n) is 2.89. The second-order valence-electron chi connectivity index (χ2n) is 6.17. The molecule has 2 heterocycles. The number of ether oxygens (including phenoxy) is 1. The van der Waals surface area contributed by atoms with Gasteiger partial charge in [0, 0.05) is 29.7 Å². The molecule has 9 heteroatoms. The van der Waals surface area contributed by atoms with Crippen LogP contribution in [0.1, 0.15) is 24.6 Å². The average Bonchev–Trinajstić information content (AvgIpc) is 3.33. The van der Waals surface area contributed by atoms with Crippen molar-refractivity contribution in [3.63, 3.8) is 0 Å². The number of halogens is 1. The number of anilines is 1. The lowest BCUT2D eigenvalue weighted by atomic mass is 10.3. The molecule has 0 radical (unpaired) electrons. The Morgan fingerprint density at radius 2 is 2.04 bits per heavy atom. The summed E-state index contributed by atoms with van der Waals surface area (Å²) in [7, 11) is -3.68. The monoisotopic (exact) mass is 440 g/mol. The number of carbonyl (C=O) groups excluding carboxylic acids is 1. The third-order valence-corrected chi connectivity index (χ3v) is 7.30. The van der Waals surface area contributed by atoms with Crippen LogP contribution < -0.4 is 10.1 Å². The van der Waals surface area contributed by atoms with Crippen LogP contribution >= 0.6 is 22.9 Å². The van der Waals surface area contributed by atoms with Crippen LogP contribution in [0.4, 0.5) is 5.69 Å². The molecule has 0 aliphatic carbocycles. The van der Waals surface area contributed by atoms with Crippen molar-refractivity contribution in [1.82, 2.24) is 4.31 Å². The number of hydrogen-bond acceptors (Lipinski definition) is 5. The first kappa shape index (κ1) is 20.9. The van der Waals surface area contributed by atoms with Crippen LogP contribution in [-0.2, 0) is 14.8 Å². The van der Waals surface area contributed by atoms with Gasteiger partial charge in [-0.05, 0) is 56.2 Å². The van der Waals surface area contributed by atoms with Gasteiger partial charge < -0.3 is 10.1 Å².